The molecule has 1 saturated heterocycles. The maximum atomic E-state index is 15.0. The molecule has 3 aromatic carbocycles. The number of fused-ring (bicyclic) bond motifs is 1. The summed E-state index contributed by atoms with van der Waals surface area (Å²) >= 11 is 0. The van der Waals surface area contributed by atoms with Gasteiger partial charge in [-0.2, -0.15) is 0 Å². The van der Waals surface area contributed by atoms with E-state index in [0.717, 1.165) is 11.6 Å². The van der Waals surface area contributed by atoms with E-state index in [4.69, 9.17) is 4.74 Å². The summed E-state index contributed by atoms with van der Waals surface area (Å²) in [5.74, 6) is -2.40. The van der Waals surface area contributed by atoms with Crippen molar-refractivity contribution in [2.75, 3.05) is 0 Å². The fraction of sp³-hybridized carbons (Fsp3) is 0.310. The van der Waals surface area contributed by atoms with E-state index in [-0.39, 0.29) is 35.0 Å². The summed E-state index contributed by atoms with van der Waals surface area (Å²) in [4.78, 5) is 24.8. The molecule has 10 heteroatoms. The van der Waals surface area contributed by atoms with Gasteiger partial charge in [0.05, 0.1) is 23.2 Å². The number of carboxylic acids is 1. The predicted octanol–water partition coefficient (Wildman–Crippen LogP) is 5.65. The molecule has 0 aromatic heterocycles. The summed E-state index contributed by atoms with van der Waals surface area (Å²) in [6, 6.07) is 17.1. The van der Waals surface area contributed by atoms with Crippen LogP contribution in [0.15, 0.2) is 66.7 Å². The molecule has 0 bridgehead atoms. The highest BCUT2D eigenvalue weighted by Crippen LogP contribution is 2.52. The Balaban J connectivity index is 1.25. The number of nitrogens with one attached hydrogen (secondary N) is 1. The Morgan fingerprint density at radius 1 is 0.897 bits per heavy atom. The SMILES string of the molecule is O=C(O)c1ccc([C@H]2C[C@@H](NC(=O)C3(c4ccc5c(c4)OC(F)(F)O5)CC3)C[C@@H](c3ccccc3)O2)c(F)c1. The minimum Gasteiger partial charge on any atom is -0.478 e. The van der Waals surface area contributed by atoms with E-state index in [9.17, 15) is 27.9 Å². The van der Waals surface area contributed by atoms with Crippen LogP contribution >= 0.6 is 0 Å². The monoisotopic (exact) mass is 539 g/mol. The molecule has 1 saturated carbocycles. The van der Waals surface area contributed by atoms with Crippen molar-refractivity contribution in [1.82, 2.24) is 5.32 Å². The predicted molar refractivity (Wildman–Crippen MR) is 131 cm³/mol. The maximum absolute atomic E-state index is 15.0. The van der Waals surface area contributed by atoms with Crippen molar-refractivity contribution in [1.29, 1.82) is 0 Å². The number of hydrogen-bond acceptors (Lipinski definition) is 5. The summed E-state index contributed by atoms with van der Waals surface area (Å²) in [5.41, 5.74) is 0.563. The van der Waals surface area contributed by atoms with Crippen molar-refractivity contribution >= 4 is 11.9 Å². The van der Waals surface area contributed by atoms with Crippen molar-refractivity contribution in [3.63, 3.8) is 0 Å². The number of amides is 1. The Labute approximate surface area is 221 Å². The van der Waals surface area contributed by atoms with Gasteiger partial charge in [-0.1, -0.05) is 42.5 Å². The van der Waals surface area contributed by atoms with Gasteiger partial charge >= 0.3 is 12.3 Å². The van der Waals surface area contributed by atoms with Gasteiger partial charge in [0.2, 0.25) is 5.91 Å². The summed E-state index contributed by atoms with van der Waals surface area (Å²) < 4.78 is 57.3. The molecule has 0 unspecified atom stereocenters. The second-order valence-electron chi connectivity index (χ2n) is 10.1. The third-order valence-corrected chi connectivity index (χ3v) is 7.57. The Bertz CT molecular complexity index is 1440. The first-order valence-corrected chi connectivity index (χ1v) is 12.6. The summed E-state index contributed by atoms with van der Waals surface area (Å²) in [5, 5.41) is 12.3. The van der Waals surface area contributed by atoms with Crippen LogP contribution in [0.5, 0.6) is 11.5 Å². The third-order valence-electron chi connectivity index (χ3n) is 7.57. The minimum atomic E-state index is -3.75. The number of ether oxygens (including phenoxy) is 3. The first-order valence-electron chi connectivity index (χ1n) is 12.6. The normalized spacial score (nSPS) is 24.1. The van der Waals surface area contributed by atoms with Crippen molar-refractivity contribution in [3.8, 4) is 11.5 Å². The van der Waals surface area contributed by atoms with Crippen LogP contribution in [0.1, 0.15) is 64.9 Å². The average Bonchev–Trinajstić information content (AvgIpc) is 3.66. The smallest absolute Gasteiger partial charge is 0.478 e. The molecule has 7 nitrogen and oxygen atoms in total. The molecule has 2 aliphatic heterocycles. The van der Waals surface area contributed by atoms with Crippen LogP contribution in [-0.2, 0) is 14.9 Å². The lowest BCUT2D eigenvalue weighted by molar-refractivity contribution is -0.286. The van der Waals surface area contributed by atoms with Gasteiger partial charge in [-0.3, -0.25) is 4.79 Å². The summed E-state index contributed by atoms with van der Waals surface area (Å²) in [6.07, 6.45) is -3.16. The number of alkyl halides is 2. The van der Waals surface area contributed by atoms with Crippen molar-refractivity contribution in [3.05, 3.63) is 94.8 Å². The lowest BCUT2D eigenvalue weighted by Crippen LogP contribution is -2.45. The van der Waals surface area contributed by atoms with Crippen LogP contribution in [-0.4, -0.2) is 29.3 Å². The zero-order valence-electron chi connectivity index (χ0n) is 20.5. The second kappa shape index (κ2) is 9.30. The number of hydrogen-bond donors (Lipinski definition) is 2. The molecule has 39 heavy (non-hydrogen) atoms. The minimum absolute atomic E-state index is 0.0890. The molecule has 0 radical (unpaired) electrons. The first-order chi connectivity index (χ1) is 18.6. The van der Waals surface area contributed by atoms with Gasteiger partial charge < -0.3 is 24.6 Å². The Morgan fingerprint density at radius 3 is 2.31 bits per heavy atom. The quantitative estimate of drug-likeness (QED) is 0.420. The largest absolute Gasteiger partial charge is 0.586 e. The maximum Gasteiger partial charge on any atom is 0.586 e. The Morgan fingerprint density at radius 2 is 1.62 bits per heavy atom. The van der Waals surface area contributed by atoms with E-state index < -0.39 is 41.7 Å². The van der Waals surface area contributed by atoms with Crippen LogP contribution in [0.3, 0.4) is 0 Å². The van der Waals surface area contributed by atoms with Gasteiger partial charge in [0, 0.05) is 11.6 Å². The highest BCUT2D eigenvalue weighted by atomic mass is 19.3. The average molecular weight is 540 g/mol. The van der Waals surface area contributed by atoms with Gasteiger partial charge in [0.1, 0.15) is 5.82 Å². The van der Waals surface area contributed by atoms with E-state index in [1.165, 1.54) is 24.3 Å². The molecule has 3 atom stereocenters. The number of carbonyl (C=O) groups excluding carboxylic acids is 1. The van der Waals surface area contributed by atoms with Crippen molar-refractivity contribution < 1.29 is 42.1 Å². The number of carbonyl (C=O) groups is 2. The number of aromatic carboxylic acids is 1. The topological polar surface area (TPSA) is 94.1 Å². The molecule has 3 aliphatic rings. The van der Waals surface area contributed by atoms with Crippen molar-refractivity contribution in [2.45, 2.75) is 55.6 Å². The zero-order chi connectivity index (χ0) is 27.4. The van der Waals surface area contributed by atoms with Crippen LogP contribution < -0.4 is 14.8 Å². The molecule has 2 heterocycles. The van der Waals surface area contributed by atoms with Crippen LogP contribution in [0, 0.1) is 5.82 Å². The van der Waals surface area contributed by atoms with Gasteiger partial charge in [0.15, 0.2) is 11.5 Å². The van der Waals surface area contributed by atoms with Gasteiger partial charge in [-0.15, -0.1) is 8.78 Å². The number of rotatable bonds is 6. The van der Waals surface area contributed by atoms with Gasteiger partial charge in [-0.25, -0.2) is 9.18 Å². The lowest BCUT2D eigenvalue weighted by Gasteiger charge is -2.37. The second-order valence-corrected chi connectivity index (χ2v) is 10.1. The first kappa shape index (κ1) is 25.2. The molecule has 202 valence electrons. The molecule has 3 aromatic rings. The van der Waals surface area contributed by atoms with Crippen LogP contribution in [0.2, 0.25) is 0 Å². The van der Waals surface area contributed by atoms with E-state index in [1.54, 1.807) is 6.07 Å². The molecule has 2 N–H and O–H groups in total. The molecule has 1 amide bonds. The molecule has 6 rings (SSSR count). The Kier molecular flexibility index (Phi) is 6.02. The fourth-order valence-corrected chi connectivity index (χ4v) is 5.39. The summed E-state index contributed by atoms with van der Waals surface area (Å²) in [6.45, 7) is 0. The van der Waals surface area contributed by atoms with Gasteiger partial charge in [0.25, 0.3) is 0 Å². The standard InChI is InChI=1S/C29H24F3NO6/c30-21-12-17(26(34)35)6-8-20(21)24-15-19(14-23(37-24)16-4-2-1-3-5-16)33-27(36)28(10-11-28)18-7-9-22-25(13-18)39-29(31,32)38-22/h1-9,12-13,19,23-24H,10-11,14-15H2,(H,33,36)(H,34,35)/t19-,23-,24+/m0/s1. The van der Waals surface area contributed by atoms with E-state index in [1.807, 2.05) is 30.3 Å². The number of benzene rings is 3. The molecule has 0 spiro atoms. The van der Waals surface area contributed by atoms with Crippen LogP contribution in [0.25, 0.3) is 0 Å². The van der Waals surface area contributed by atoms with Gasteiger partial charge in [-0.05, 0) is 61.1 Å². The molecular weight excluding hydrogens is 515 g/mol. The number of halogens is 3. The fourth-order valence-electron chi connectivity index (χ4n) is 5.39. The number of carboxylic acid groups (broad SMARTS) is 1. The summed E-state index contributed by atoms with van der Waals surface area (Å²) in [7, 11) is 0. The zero-order valence-corrected chi connectivity index (χ0v) is 20.5. The third kappa shape index (κ3) is 4.80. The van der Waals surface area contributed by atoms with E-state index in [2.05, 4.69) is 14.8 Å². The van der Waals surface area contributed by atoms with E-state index >= 15 is 0 Å². The molecule has 1 aliphatic carbocycles. The van der Waals surface area contributed by atoms with Crippen molar-refractivity contribution in [2.24, 2.45) is 0 Å². The molecule has 2 fully saturated rings. The highest BCUT2D eigenvalue weighted by molar-refractivity contribution is 5.91. The lowest BCUT2D eigenvalue weighted by atomic mass is 9.89. The van der Waals surface area contributed by atoms with Crippen LogP contribution in [0.4, 0.5) is 13.2 Å². The Hall–Kier alpha value is -4.05. The highest BCUT2D eigenvalue weighted by Gasteiger charge is 2.53. The molecular formula is C29H24F3NO6. The van der Waals surface area contributed by atoms with E-state index in [0.29, 0.717) is 24.8 Å².